The summed E-state index contributed by atoms with van der Waals surface area (Å²) in [6.45, 7) is 4.09. The molecular formula is C25H27N3O3S. The van der Waals surface area contributed by atoms with Crippen LogP contribution in [0.15, 0.2) is 83.8 Å². The second kappa shape index (κ2) is 9.44. The van der Waals surface area contributed by atoms with Crippen LogP contribution in [0.3, 0.4) is 0 Å². The molecule has 32 heavy (non-hydrogen) atoms. The number of hydrogen-bond donors (Lipinski definition) is 2. The van der Waals surface area contributed by atoms with E-state index in [1.54, 1.807) is 36.4 Å². The molecule has 7 heteroatoms. The van der Waals surface area contributed by atoms with Gasteiger partial charge in [-0.1, -0.05) is 36.4 Å². The molecular weight excluding hydrogens is 422 g/mol. The topological polar surface area (TPSA) is 78.5 Å². The average molecular weight is 450 g/mol. The SMILES string of the molecule is C[C@@H](NC(=O)c1cccc(S(=O)(=O)Nc2ccccc2)c1)c1ccc(N2CCCC2)cc1. The normalized spacial score (nSPS) is 14.7. The summed E-state index contributed by atoms with van der Waals surface area (Å²) >= 11 is 0. The van der Waals surface area contributed by atoms with Crippen molar-refractivity contribution in [3.63, 3.8) is 0 Å². The van der Waals surface area contributed by atoms with Gasteiger partial charge < -0.3 is 10.2 Å². The Morgan fingerprint density at radius 2 is 1.59 bits per heavy atom. The molecule has 1 amide bonds. The molecule has 1 saturated heterocycles. The minimum Gasteiger partial charge on any atom is -0.372 e. The second-order valence-electron chi connectivity index (χ2n) is 7.98. The monoisotopic (exact) mass is 449 g/mol. The standard InChI is InChI=1S/C25H27N3O3S/c1-19(20-12-14-23(15-13-20)28-16-5-6-17-28)26-25(29)21-8-7-11-24(18-21)32(30,31)27-22-9-3-2-4-10-22/h2-4,7-15,18-19,27H,5-6,16-17H2,1H3,(H,26,29)/t19-/m1/s1. The predicted molar refractivity (Wildman–Crippen MR) is 127 cm³/mol. The molecule has 0 aromatic heterocycles. The first-order chi connectivity index (χ1) is 15.4. The third-order valence-corrected chi connectivity index (χ3v) is 7.02. The van der Waals surface area contributed by atoms with E-state index in [1.165, 1.54) is 30.7 Å². The van der Waals surface area contributed by atoms with Crippen molar-refractivity contribution < 1.29 is 13.2 Å². The van der Waals surface area contributed by atoms with Crippen LogP contribution in [-0.2, 0) is 10.0 Å². The summed E-state index contributed by atoms with van der Waals surface area (Å²) in [5.41, 5.74) is 2.96. The molecule has 2 N–H and O–H groups in total. The summed E-state index contributed by atoms with van der Waals surface area (Å²) in [6.07, 6.45) is 2.45. The summed E-state index contributed by atoms with van der Waals surface area (Å²) in [4.78, 5) is 15.2. The van der Waals surface area contributed by atoms with Gasteiger partial charge in [-0.15, -0.1) is 0 Å². The third-order valence-electron chi connectivity index (χ3n) is 5.64. The van der Waals surface area contributed by atoms with Gasteiger partial charge in [0, 0.05) is 30.0 Å². The van der Waals surface area contributed by atoms with E-state index >= 15 is 0 Å². The van der Waals surface area contributed by atoms with E-state index in [1.807, 2.05) is 25.1 Å². The van der Waals surface area contributed by atoms with Gasteiger partial charge in [0.1, 0.15) is 0 Å². The van der Waals surface area contributed by atoms with E-state index < -0.39 is 10.0 Å². The number of rotatable bonds is 7. The molecule has 1 heterocycles. The first-order valence-electron chi connectivity index (χ1n) is 10.8. The van der Waals surface area contributed by atoms with Crippen LogP contribution in [-0.4, -0.2) is 27.4 Å². The number of sulfonamides is 1. The maximum absolute atomic E-state index is 12.8. The van der Waals surface area contributed by atoms with Crippen molar-refractivity contribution in [1.82, 2.24) is 5.32 Å². The molecule has 1 fully saturated rings. The fourth-order valence-corrected chi connectivity index (χ4v) is 4.94. The van der Waals surface area contributed by atoms with Crippen LogP contribution < -0.4 is 14.9 Å². The Morgan fingerprint density at radius 1 is 0.906 bits per heavy atom. The lowest BCUT2D eigenvalue weighted by Gasteiger charge is -2.19. The predicted octanol–water partition coefficient (Wildman–Crippen LogP) is 4.58. The molecule has 1 aliphatic heterocycles. The Labute approximate surface area is 189 Å². The van der Waals surface area contributed by atoms with Crippen molar-refractivity contribution in [2.24, 2.45) is 0 Å². The highest BCUT2D eigenvalue weighted by atomic mass is 32.2. The maximum Gasteiger partial charge on any atom is 0.261 e. The van der Waals surface area contributed by atoms with Crippen LogP contribution in [0.25, 0.3) is 0 Å². The van der Waals surface area contributed by atoms with Gasteiger partial charge in [0.05, 0.1) is 10.9 Å². The molecule has 0 spiro atoms. The summed E-state index contributed by atoms with van der Waals surface area (Å²) < 4.78 is 28.0. The number of amides is 1. The largest absolute Gasteiger partial charge is 0.372 e. The van der Waals surface area contributed by atoms with Crippen molar-refractivity contribution >= 4 is 27.3 Å². The van der Waals surface area contributed by atoms with Crippen molar-refractivity contribution in [3.8, 4) is 0 Å². The van der Waals surface area contributed by atoms with Crippen LogP contribution in [0, 0.1) is 0 Å². The van der Waals surface area contributed by atoms with Gasteiger partial charge in [-0.05, 0) is 67.8 Å². The molecule has 0 unspecified atom stereocenters. The van der Waals surface area contributed by atoms with Gasteiger partial charge in [-0.2, -0.15) is 0 Å². The molecule has 0 saturated carbocycles. The number of nitrogens with one attached hydrogen (secondary N) is 2. The quantitative estimate of drug-likeness (QED) is 0.554. The van der Waals surface area contributed by atoms with Crippen LogP contribution in [0.2, 0.25) is 0 Å². The molecule has 3 aromatic carbocycles. The highest BCUT2D eigenvalue weighted by Gasteiger charge is 2.18. The molecule has 3 aromatic rings. The lowest BCUT2D eigenvalue weighted by molar-refractivity contribution is 0.0939. The third kappa shape index (κ3) is 5.11. The van der Waals surface area contributed by atoms with Crippen LogP contribution in [0.1, 0.15) is 41.7 Å². The lowest BCUT2D eigenvalue weighted by atomic mass is 10.1. The average Bonchev–Trinajstić information content (AvgIpc) is 3.35. The number of carbonyl (C=O) groups excluding carboxylic acids is 1. The Hall–Kier alpha value is -3.32. The molecule has 0 bridgehead atoms. The van der Waals surface area contributed by atoms with E-state index in [0.717, 1.165) is 18.7 Å². The van der Waals surface area contributed by atoms with E-state index in [2.05, 4.69) is 27.1 Å². The minimum absolute atomic E-state index is 0.0385. The summed E-state index contributed by atoms with van der Waals surface area (Å²) in [5, 5.41) is 2.96. The zero-order valence-corrected chi connectivity index (χ0v) is 18.8. The van der Waals surface area contributed by atoms with Gasteiger partial charge in [0.25, 0.3) is 15.9 Å². The van der Waals surface area contributed by atoms with E-state index in [0.29, 0.717) is 11.3 Å². The van der Waals surface area contributed by atoms with Crippen LogP contribution >= 0.6 is 0 Å². The molecule has 1 aliphatic rings. The molecule has 0 aliphatic carbocycles. The second-order valence-corrected chi connectivity index (χ2v) is 9.66. The number of carbonyl (C=O) groups is 1. The number of nitrogens with zero attached hydrogens (tertiary/aromatic N) is 1. The van der Waals surface area contributed by atoms with E-state index in [9.17, 15) is 13.2 Å². The summed E-state index contributed by atoms with van der Waals surface area (Å²) in [5.74, 6) is -0.321. The Morgan fingerprint density at radius 3 is 2.28 bits per heavy atom. The van der Waals surface area contributed by atoms with Gasteiger partial charge in [-0.25, -0.2) is 8.42 Å². The van der Waals surface area contributed by atoms with Crippen molar-refractivity contribution in [2.45, 2.75) is 30.7 Å². The van der Waals surface area contributed by atoms with Crippen LogP contribution in [0.5, 0.6) is 0 Å². The van der Waals surface area contributed by atoms with Gasteiger partial charge in [0.15, 0.2) is 0 Å². The Kier molecular flexibility index (Phi) is 6.46. The zero-order valence-electron chi connectivity index (χ0n) is 18.0. The minimum atomic E-state index is -3.80. The van der Waals surface area contributed by atoms with Gasteiger partial charge >= 0.3 is 0 Å². The fraction of sp³-hybridized carbons (Fsp3) is 0.240. The Bertz CT molecular complexity index is 1170. The highest BCUT2D eigenvalue weighted by Crippen LogP contribution is 2.23. The smallest absolute Gasteiger partial charge is 0.261 e. The number of hydrogen-bond acceptors (Lipinski definition) is 4. The molecule has 1 atom stereocenters. The van der Waals surface area contributed by atoms with Crippen molar-refractivity contribution in [3.05, 3.63) is 90.0 Å². The van der Waals surface area contributed by atoms with E-state index in [4.69, 9.17) is 0 Å². The van der Waals surface area contributed by atoms with E-state index in [-0.39, 0.29) is 16.8 Å². The van der Waals surface area contributed by atoms with Gasteiger partial charge in [-0.3, -0.25) is 9.52 Å². The van der Waals surface area contributed by atoms with Crippen molar-refractivity contribution in [1.29, 1.82) is 0 Å². The van der Waals surface area contributed by atoms with Crippen molar-refractivity contribution in [2.75, 3.05) is 22.7 Å². The lowest BCUT2D eigenvalue weighted by Crippen LogP contribution is -2.27. The Balaban J connectivity index is 1.44. The fourth-order valence-electron chi connectivity index (χ4n) is 3.84. The molecule has 0 radical (unpaired) electrons. The van der Waals surface area contributed by atoms with Gasteiger partial charge in [0.2, 0.25) is 0 Å². The number of anilines is 2. The summed E-state index contributed by atoms with van der Waals surface area (Å²) in [6, 6.07) is 22.7. The molecule has 166 valence electrons. The first-order valence-corrected chi connectivity index (χ1v) is 12.2. The zero-order chi connectivity index (χ0) is 22.6. The molecule has 6 nitrogen and oxygen atoms in total. The summed E-state index contributed by atoms with van der Waals surface area (Å²) in [7, 11) is -3.80. The maximum atomic E-state index is 12.8. The number of benzene rings is 3. The highest BCUT2D eigenvalue weighted by molar-refractivity contribution is 7.92. The first kappa shape index (κ1) is 21.9. The van der Waals surface area contributed by atoms with Crippen LogP contribution in [0.4, 0.5) is 11.4 Å². The number of para-hydroxylation sites is 1. The molecule has 4 rings (SSSR count).